The molecule has 0 nitrogen and oxygen atoms in total. The lowest BCUT2D eigenvalue weighted by Crippen LogP contribution is -2.13. The van der Waals surface area contributed by atoms with Gasteiger partial charge in [-0.05, 0) is 46.8 Å². The monoisotopic (exact) mass is 310 g/mol. The van der Waals surface area contributed by atoms with E-state index in [-0.39, 0.29) is 10.8 Å². The van der Waals surface area contributed by atoms with E-state index in [1.54, 1.807) is 11.1 Å². The van der Waals surface area contributed by atoms with Gasteiger partial charge >= 0.3 is 0 Å². The van der Waals surface area contributed by atoms with Gasteiger partial charge in [-0.1, -0.05) is 96.4 Å². The van der Waals surface area contributed by atoms with Crippen LogP contribution in [0.15, 0.2) is 41.5 Å². The molecule has 0 aromatic heterocycles. The summed E-state index contributed by atoms with van der Waals surface area (Å²) in [4.78, 5) is 0. The molecule has 0 spiro atoms. The van der Waals surface area contributed by atoms with Crippen LogP contribution in [0.4, 0.5) is 0 Å². The Bertz CT molecular complexity index is 595. The molecule has 0 saturated carbocycles. The second kappa shape index (κ2) is 6.67. The van der Waals surface area contributed by atoms with Gasteiger partial charge in [-0.3, -0.25) is 0 Å². The average Bonchev–Trinajstić information content (AvgIpc) is 2.91. The maximum Gasteiger partial charge on any atom is -0.00854 e. The lowest BCUT2D eigenvalue weighted by molar-refractivity contribution is 0.458. The van der Waals surface area contributed by atoms with Gasteiger partial charge in [0, 0.05) is 0 Å². The molecule has 1 aliphatic rings. The fraction of sp³-hybridized carbons (Fsp3) is 0.565. The normalized spacial score (nSPS) is 16.0. The molecule has 1 aromatic rings. The molecular formula is C23H34. The van der Waals surface area contributed by atoms with E-state index < -0.39 is 0 Å². The molecule has 1 aromatic carbocycles. The predicted octanol–water partition coefficient (Wildman–Crippen LogP) is 7.21. The van der Waals surface area contributed by atoms with Crippen LogP contribution in [0.5, 0.6) is 0 Å². The van der Waals surface area contributed by atoms with Crippen molar-refractivity contribution < 1.29 is 0 Å². The molecule has 0 radical (unpaired) electrons. The Balaban J connectivity index is 2.37. The van der Waals surface area contributed by atoms with Gasteiger partial charge in [0.1, 0.15) is 0 Å². The zero-order chi connectivity index (χ0) is 17.3. The van der Waals surface area contributed by atoms with E-state index in [0.717, 1.165) is 6.42 Å². The van der Waals surface area contributed by atoms with E-state index in [4.69, 9.17) is 0 Å². The van der Waals surface area contributed by atoms with Crippen LogP contribution < -0.4 is 0 Å². The lowest BCUT2D eigenvalue weighted by Gasteiger charge is -2.26. The molecule has 0 fully saturated rings. The second-order valence-electron chi connectivity index (χ2n) is 9.04. The first-order valence-electron chi connectivity index (χ1n) is 9.17. The Morgan fingerprint density at radius 2 is 1.48 bits per heavy atom. The van der Waals surface area contributed by atoms with Crippen LogP contribution in [-0.4, -0.2) is 0 Å². The molecule has 1 aliphatic carbocycles. The third kappa shape index (κ3) is 4.37. The van der Waals surface area contributed by atoms with Crippen molar-refractivity contribution >= 4 is 5.57 Å². The van der Waals surface area contributed by atoms with E-state index in [2.05, 4.69) is 78.8 Å². The maximum absolute atomic E-state index is 2.46. The molecule has 0 N–H and O–H groups in total. The van der Waals surface area contributed by atoms with Gasteiger partial charge in [-0.25, -0.2) is 0 Å². The summed E-state index contributed by atoms with van der Waals surface area (Å²) in [7, 11) is 0. The summed E-state index contributed by atoms with van der Waals surface area (Å²) in [5.41, 5.74) is 7.93. The molecule has 23 heavy (non-hydrogen) atoms. The average molecular weight is 311 g/mol. The molecule has 0 aliphatic heterocycles. The van der Waals surface area contributed by atoms with Gasteiger partial charge in [0.05, 0.1) is 0 Å². The van der Waals surface area contributed by atoms with Gasteiger partial charge in [0.2, 0.25) is 0 Å². The Kier molecular flexibility index (Phi) is 5.23. The van der Waals surface area contributed by atoms with Crippen molar-refractivity contribution in [3.05, 3.63) is 52.6 Å². The summed E-state index contributed by atoms with van der Waals surface area (Å²) in [6, 6.07) is 9.30. The van der Waals surface area contributed by atoms with Crippen molar-refractivity contribution in [2.75, 3.05) is 0 Å². The first-order valence-corrected chi connectivity index (χ1v) is 9.17. The Morgan fingerprint density at radius 3 is 1.96 bits per heavy atom. The van der Waals surface area contributed by atoms with Crippen molar-refractivity contribution in [3.8, 4) is 0 Å². The van der Waals surface area contributed by atoms with Gasteiger partial charge < -0.3 is 0 Å². The van der Waals surface area contributed by atoms with E-state index in [1.165, 1.54) is 36.0 Å². The maximum atomic E-state index is 2.46. The summed E-state index contributed by atoms with van der Waals surface area (Å²) in [6.45, 7) is 16.3. The molecule has 0 heteroatoms. The van der Waals surface area contributed by atoms with Crippen LogP contribution >= 0.6 is 0 Å². The molecule has 0 atom stereocenters. The highest BCUT2D eigenvalue weighted by Crippen LogP contribution is 2.47. The van der Waals surface area contributed by atoms with Gasteiger partial charge in [0.15, 0.2) is 0 Å². The quantitative estimate of drug-likeness (QED) is 0.551. The van der Waals surface area contributed by atoms with Crippen LogP contribution in [0.25, 0.3) is 5.57 Å². The number of hydrogen-bond acceptors (Lipinski definition) is 0. The standard InChI is InChI=1S/C23H34/c1-8-9-10-17-11-13-18(14-12-17)20-15-19(22(2,3)4)16-21(20)23(5,6)7/h11-15H,8-10,16H2,1-7H3. The minimum atomic E-state index is 0.222. The van der Waals surface area contributed by atoms with Crippen molar-refractivity contribution in [3.63, 3.8) is 0 Å². The minimum absolute atomic E-state index is 0.222. The number of allylic oxidation sites excluding steroid dienone is 4. The largest absolute Gasteiger partial charge is 0.0654 e. The van der Waals surface area contributed by atoms with Crippen LogP contribution in [0.1, 0.15) is 78.9 Å². The van der Waals surface area contributed by atoms with Crippen molar-refractivity contribution in [2.24, 2.45) is 10.8 Å². The number of rotatable bonds is 4. The highest BCUT2D eigenvalue weighted by Gasteiger charge is 2.30. The van der Waals surface area contributed by atoms with E-state index >= 15 is 0 Å². The van der Waals surface area contributed by atoms with Crippen LogP contribution in [0.2, 0.25) is 0 Å². The molecule has 0 unspecified atom stereocenters. The van der Waals surface area contributed by atoms with Gasteiger partial charge in [-0.2, -0.15) is 0 Å². The summed E-state index contributed by atoms with van der Waals surface area (Å²) in [5, 5.41) is 0. The van der Waals surface area contributed by atoms with Crippen molar-refractivity contribution in [2.45, 2.75) is 74.1 Å². The minimum Gasteiger partial charge on any atom is -0.0654 e. The molecule has 0 heterocycles. The molecule has 126 valence electrons. The lowest BCUT2D eigenvalue weighted by atomic mass is 9.79. The number of unbranched alkanes of at least 4 members (excludes halogenated alkanes) is 1. The highest BCUT2D eigenvalue weighted by atomic mass is 14.4. The first-order chi connectivity index (χ1) is 10.6. The zero-order valence-electron chi connectivity index (χ0n) is 16.2. The summed E-state index contributed by atoms with van der Waals surface area (Å²) < 4.78 is 0. The summed E-state index contributed by atoms with van der Waals surface area (Å²) in [6.07, 6.45) is 7.33. The Morgan fingerprint density at radius 1 is 0.870 bits per heavy atom. The fourth-order valence-electron chi connectivity index (χ4n) is 3.24. The fourth-order valence-corrected chi connectivity index (χ4v) is 3.24. The molecule has 0 bridgehead atoms. The second-order valence-corrected chi connectivity index (χ2v) is 9.04. The van der Waals surface area contributed by atoms with Crippen LogP contribution in [0.3, 0.4) is 0 Å². The molecule has 2 rings (SSSR count). The van der Waals surface area contributed by atoms with E-state index in [9.17, 15) is 0 Å². The first kappa shape index (κ1) is 18.0. The number of aryl methyl sites for hydroxylation is 1. The van der Waals surface area contributed by atoms with Crippen molar-refractivity contribution in [1.82, 2.24) is 0 Å². The Labute approximate surface area is 143 Å². The van der Waals surface area contributed by atoms with Crippen molar-refractivity contribution in [1.29, 1.82) is 0 Å². The Hall–Kier alpha value is -1.30. The number of hydrogen-bond donors (Lipinski definition) is 0. The molecule has 0 saturated heterocycles. The third-order valence-electron chi connectivity index (χ3n) is 4.96. The third-order valence-corrected chi connectivity index (χ3v) is 4.96. The van der Waals surface area contributed by atoms with Gasteiger partial charge in [-0.15, -0.1) is 0 Å². The van der Waals surface area contributed by atoms with E-state index in [1.807, 2.05) is 0 Å². The van der Waals surface area contributed by atoms with Gasteiger partial charge in [0.25, 0.3) is 0 Å². The van der Waals surface area contributed by atoms with E-state index in [0.29, 0.717) is 0 Å². The molecular weight excluding hydrogens is 276 g/mol. The summed E-state index contributed by atoms with van der Waals surface area (Å²) in [5.74, 6) is 0. The SMILES string of the molecule is CCCCc1ccc(C2=C(C(C)(C)C)CC(C(C)(C)C)=C2)cc1. The predicted molar refractivity (Wildman–Crippen MR) is 104 cm³/mol. The molecule has 0 amide bonds. The van der Waals surface area contributed by atoms with Crippen LogP contribution in [0, 0.1) is 10.8 Å². The highest BCUT2D eigenvalue weighted by molar-refractivity contribution is 5.81. The zero-order valence-corrected chi connectivity index (χ0v) is 16.2. The topological polar surface area (TPSA) is 0 Å². The summed E-state index contributed by atoms with van der Waals surface area (Å²) >= 11 is 0. The smallest absolute Gasteiger partial charge is 0.00854 e. The number of benzene rings is 1. The van der Waals surface area contributed by atoms with Crippen LogP contribution in [-0.2, 0) is 6.42 Å².